The summed E-state index contributed by atoms with van der Waals surface area (Å²) in [5.74, 6) is 1.16. The Morgan fingerprint density at radius 1 is 1.20 bits per heavy atom. The van der Waals surface area contributed by atoms with E-state index in [1.807, 2.05) is 18.2 Å². The van der Waals surface area contributed by atoms with Crippen LogP contribution in [0.25, 0.3) is 0 Å². The summed E-state index contributed by atoms with van der Waals surface area (Å²) in [6.07, 6.45) is 0.0222. The van der Waals surface area contributed by atoms with Gasteiger partial charge in [-0.15, -0.1) is 0 Å². The number of carbonyl (C=O) groups is 1. The van der Waals surface area contributed by atoms with Crippen molar-refractivity contribution < 1.29 is 14.3 Å². The van der Waals surface area contributed by atoms with E-state index in [9.17, 15) is 4.79 Å². The first-order chi connectivity index (χ1) is 9.69. The Morgan fingerprint density at radius 3 is 2.65 bits per heavy atom. The first-order valence-electron chi connectivity index (χ1n) is 6.31. The van der Waals surface area contributed by atoms with E-state index in [1.165, 1.54) is 0 Å². The van der Waals surface area contributed by atoms with E-state index < -0.39 is 0 Å². The molecule has 2 aromatic carbocycles. The molecule has 0 N–H and O–H groups in total. The van der Waals surface area contributed by atoms with Crippen molar-refractivity contribution in [2.24, 2.45) is 0 Å². The molecule has 0 bridgehead atoms. The monoisotopic (exact) mass is 288 g/mol. The maximum absolute atomic E-state index is 12.3. The Morgan fingerprint density at radius 2 is 1.95 bits per heavy atom. The molecule has 0 fully saturated rings. The molecule has 3 nitrogen and oxygen atoms in total. The molecule has 1 aliphatic rings. The molecule has 2 aromatic rings. The summed E-state index contributed by atoms with van der Waals surface area (Å²) in [6, 6.07) is 12.7. The topological polar surface area (TPSA) is 35.5 Å². The standard InChI is InChI=1S/C16H13ClO3/c1-19-13-3-2-4-14-16(13)12(18)9-15(20-14)10-5-7-11(17)8-6-10/h2-8,15H,9H2,1H3. The maximum atomic E-state index is 12.3. The molecule has 0 aliphatic carbocycles. The van der Waals surface area contributed by atoms with E-state index in [0.717, 1.165) is 5.56 Å². The quantitative estimate of drug-likeness (QED) is 0.836. The van der Waals surface area contributed by atoms with E-state index in [0.29, 0.717) is 28.5 Å². The zero-order chi connectivity index (χ0) is 14.1. The minimum absolute atomic E-state index is 0.0312. The number of Topliss-reactive ketones (excluding diaryl/α,β-unsaturated/α-hetero) is 1. The molecule has 20 heavy (non-hydrogen) atoms. The van der Waals surface area contributed by atoms with Gasteiger partial charge in [0.05, 0.1) is 13.5 Å². The molecule has 1 aliphatic heterocycles. The molecule has 1 unspecified atom stereocenters. The molecule has 102 valence electrons. The SMILES string of the molecule is COc1cccc2c1C(=O)CC(c1ccc(Cl)cc1)O2. The van der Waals surface area contributed by atoms with Gasteiger partial charge in [-0.25, -0.2) is 0 Å². The zero-order valence-electron chi connectivity index (χ0n) is 10.9. The average Bonchev–Trinajstić information content (AvgIpc) is 2.47. The number of hydrogen-bond donors (Lipinski definition) is 0. The van der Waals surface area contributed by atoms with Gasteiger partial charge in [-0.3, -0.25) is 4.79 Å². The van der Waals surface area contributed by atoms with Crippen LogP contribution in [0.15, 0.2) is 42.5 Å². The number of methoxy groups -OCH3 is 1. The number of fused-ring (bicyclic) bond motifs is 1. The van der Waals surface area contributed by atoms with Crippen LogP contribution in [0.3, 0.4) is 0 Å². The van der Waals surface area contributed by atoms with Gasteiger partial charge in [-0.2, -0.15) is 0 Å². The Labute approximate surface area is 122 Å². The van der Waals surface area contributed by atoms with Gasteiger partial charge in [0.25, 0.3) is 0 Å². The van der Waals surface area contributed by atoms with Gasteiger partial charge < -0.3 is 9.47 Å². The Kier molecular flexibility index (Phi) is 3.36. The highest BCUT2D eigenvalue weighted by Gasteiger charge is 2.30. The fraction of sp³-hybridized carbons (Fsp3) is 0.188. The predicted molar refractivity (Wildman–Crippen MR) is 76.8 cm³/mol. The van der Waals surface area contributed by atoms with Crippen molar-refractivity contribution in [1.82, 2.24) is 0 Å². The average molecular weight is 289 g/mol. The molecule has 1 heterocycles. The van der Waals surface area contributed by atoms with Gasteiger partial charge in [0.2, 0.25) is 0 Å². The molecular weight excluding hydrogens is 276 g/mol. The van der Waals surface area contributed by atoms with Crippen LogP contribution in [0, 0.1) is 0 Å². The lowest BCUT2D eigenvalue weighted by Gasteiger charge is -2.26. The molecule has 0 spiro atoms. The van der Waals surface area contributed by atoms with Crippen molar-refractivity contribution in [2.45, 2.75) is 12.5 Å². The van der Waals surface area contributed by atoms with Crippen LogP contribution < -0.4 is 9.47 Å². The molecule has 4 heteroatoms. The Balaban J connectivity index is 1.97. The second-order valence-corrected chi connectivity index (χ2v) is 5.06. The number of ketones is 1. The maximum Gasteiger partial charge on any atom is 0.174 e. The highest BCUT2D eigenvalue weighted by Crippen LogP contribution is 2.39. The third-order valence-electron chi connectivity index (χ3n) is 3.37. The van der Waals surface area contributed by atoms with Gasteiger partial charge >= 0.3 is 0 Å². The molecule has 3 rings (SSSR count). The molecule has 0 amide bonds. The fourth-order valence-electron chi connectivity index (χ4n) is 2.38. The van der Waals surface area contributed by atoms with Crippen molar-refractivity contribution in [3.8, 4) is 11.5 Å². The van der Waals surface area contributed by atoms with Gasteiger partial charge in [0.15, 0.2) is 5.78 Å². The first kappa shape index (κ1) is 13.0. The minimum atomic E-state index is -0.278. The number of hydrogen-bond acceptors (Lipinski definition) is 3. The van der Waals surface area contributed by atoms with Crippen LogP contribution in [0.2, 0.25) is 5.02 Å². The van der Waals surface area contributed by atoms with Crippen LogP contribution >= 0.6 is 11.6 Å². The summed E-state index contributed by atoms with van der Waals surface area (Å²) in [7, 11) is 1.55. The molecule has 0 saturated carbocycles. The molecular formula is C16H13ClO3. The number of benzene rings is 2. The van der Waals surface area contributed by atoms with E-state index in [2.05, 4.69) is 0 Å². The van der Waals surface area contributed by atoms with Crippen molar-refractivity contribution >= 4 is 17.4 Å². The van der Waals surface area contributed by atoms with Gasteiger partial charge in [0, 0.05) is 5.02 Å². The van der Waals surface area contributed by atoms with Crippen molar-refractivity contribution in [3.63, 3.8) is 0 Å². The highest BCUT2D eigenvalue weighted by atomic mass is 35.5. The third-order valence-corrected chi connectivity index (χ3v) is 3.62. The fourth-order valence-corrected chi connectivity index (χ4v) is 2.51. The van der Waals surface area contributed by atoms with Gasteiger partial charge in [0.1, 0.15) is 23.2 Å². The van der Waals surface area contributed by atoms with E-state index >= 15 is 0 Å². The molecule has 0 saturated heterocycles. The van der Waals surface area contributed by atoms with Crippen molar-refractivity contribution in [2.75, 3.05) is 7.11 Å². The van der Waals surface area contributed by atoms with Crippen molar-refractivity contribution in [1.29, 1.82) is 0 Å². The second kappa shape index (κ2) is 5.17. The number of carbonyl (C=O) groups excluding carboxylic acids is 1. The van der Waals surface area contributed by atoms with Gasteiger partial charge in [-0.05, 0) is 29.8 Å². The summed E-state index contributed by atoms with van der Waals surface area (Å²) >= 11 is 5.88. The summed E-state index contributed by atoms with van der Waals surface area (Å²) in [5, 5.41) is 0.665. The molecule has 0 aromatic heterocycles. The highest BCUT2D eigenvalue weighted by molar-refractivity contribution is 6.30. The third kappa shape index (κ3) is 2.25. The van der Waals surface area contributed by atoms with Crippen molar-refractivity contribution in [3.05, 3.63) is 58.6 Å². The summed E-state index contributed by atoms with van der Waals surface area (Å²) < 4.78 is 11.1. The first-order valence-corrected chi connectivity index (χ1v) is 6.69. The van der Waals surface area contributed by atoms with Crippen LogP contribution in [0.4, 0.5) is 0 Å². The van der Waals surface area contributed by atoms with E-state index in [-0.39, 0.29) is 11.9 Å². The predicted octanol–water partition coefficient (Wildman–Crippen LogP) is 4.06. The summed E-state index contributed by atoms with van der Waals surface area (Å²) in [6.45, 7) is 0. The van der Waals surface area contributed by atoms with Gasteiger partial charge in [-0.1, -0.05) is 29.8 Å². The van der Waals surface area contributed by atoms with E-state index in [4.69, 9.17) is 21.1 Å². The van der Waals surface area contributed by atoms with E-state index in [1.54, 1.807) is 31.4 Å². The summed E-state index contributed by atoms with van der Waals surface area (Å²) in [4.78, 5) is 12.3. The molecule has 0 radical (unpaired) electrons. The smallest absolute Gasteiger partial charge is 0.174 e. The van der Waals surface area contributed by atoms with Crippen LogP contribution in [0.1, 0.15) is 28.4 Å². The normalized spacial score (nSPS) is 17.3. The van der Waals surface area contributed by atoms with Crippen LogP contribution in [-0.2, 0) is 0 Å². The Hall–Kier alpha value is -2.00. The van der Waals surface area contributed by atoms with Crippen LogP contribution in [0.5, 0.6) is 11.5 Å². The second-order valence-electron chi connectivity index (χ2n) is 4.62. The number of ether oxygens (including phenoxy) is 2. The molecule has 1 atom stereocenters. The summed E-state index contributed by atoms with van der Waals surface area (Å²) in [5.41, 5.74) is 1.47. The Bertz CT molecular complexity index is 649. The number of rotatable bonds is 2. The lowest BCUT2D eigenvalue weighted by atomic mass is 9.96. The number of halogens is 1. The minimum Gasteiger partial charge on any atom is -0.496 e. The lowest BCUT2D eigenvalue weighted by Crippen LogP contribution is -2.21. The van der Waals surface area contributed by atoms with Crippen LogP contribution in [-0.4, -0.2) is 12.9 Å². The largest absolute Gasteiger partial charge is 0.496 e. The lowest BCUT2D eigenvalue weighted by molar-refractivity contribution is 0.0845. The zero-order valence-corrected chi connectivity index (χ0v) is 11.7.